The molecule has 0 atom stereocenters. The minimum absolute atomic E-state index is 0.884. The quantitative estimate of drug-likeness (QED) is 0.499. The lowest BCUT2D eigenvalue weighted by atomic mass is 10.7. The molecule has 0 rings (SSSR count). The fourth-order valence-electron chi connectivity index (χ4n) is 2.33. The molecule has 0 saturated heterocycles. The van der Waals surface area contributed by atoms with Gasteiger partial charge in [-0.05, 0) is 0 Å². The Morgan fingerprint density at radius 2 is 1.12 bits per heavy atom. The van der Waals surface area contributed by atoms with Crippen molar-refractivity contribution < 1.29 is 4.57 Å². The summed E-state index contributed by atoms with van der Waals surface area (Å²) in [6, 6.07) is 0. The maximum absolute atomic E-state index is 13.4. The maximum Gasteiger partial charge on any atom is 0.213 e. The van der Waals surface area contributed by atoms with E-state index < -0.39 is 15.5 Å². The van der Waals surface area contributed by atoms with E-state index in [0.717, 1.165) is 32.0 Å². The summed E-state index contributed by atoms with van der Waals surface area (Å²) in [5.41, 5.74) is 0. The van der Waals surface area contributed by atoms with E-state index in [1.165, 1.54) is 0 Å². The molecule has 5 heteroatoms. The van der Waals surface area contributed by atoms with Crippen molar-refractivity contribution in [3.8, 4) is 0 Å². The molecule has 0 heterocycles. The third kappa shape index (κ3) is 4.86. The van der Waals surface area contributed by atoms with Crippen molar-refractivity contribution in [2.24, 2.45) is 0 Å². The maximum atomic E-state index is 13.4. The number of nitrogens with zero attached hydrogens (tertiary/aromatic N) is 2. The summed E-state index contributed by atoms with van der Waals surface area (Å²) >= 11 is 0. The van der Waals surface area contributed by atoms with E-state index in [2.05, 4.69) is 56.7 Å². The molecule has 104 valence electrons. The van der Waals surface area contributed by atoms with Crippen LogP contribution in [0.1, 0.15) is 27.7 Å². The molecular weight excluding hydrogens is 247 g/mol. The molecule has 0 aliphatic heterocycles. The first-order chi connectivity index (χ1) is 7.75. The van der Waals surface area contributed by atoms with Gasteiger partial charge >= 0.3 is 0 Å². The Morgan fingerprint density at radius 1 is 0.824 bits per heavy atom. The zero-order valence-electron chi connectivity index (χ0n) is 12.8. The predicted octanol–water partition coefficient (Wildman–Crippen LogP) is 3.74. The Hall–Kier alpha value is 0.367. The first-order valence-electron chi connectivity index (χ1n) is 6.85. The van der Waals surface area contributed by atoms with Crippen LogP contribution >= 0.6 is 7.44 Å². The standard InChI is InChI=1S/C12H31N2OPSi/c1-8-13(9-2)16(15,12-17(5,6)7)14(10-3)11-4/h8-12H2,1-7H3. The normalized spacial score (nSPS) is 13.7. The highest BCUT2D eigenvalue weighted by molar-refractivity contribution is 7.61. The lowest BCUT2D eigenvalue weighted by Crippen LogP contribution is -2.39. The summed E-state index contributed by atoms with van der Waals surface area (Å²) < 4.78 is 17.8. The van der Waals surface area contributed by atoms with Crippen molar-refractivity contribution in [1.82, 2.24) is 9.34 Å². The van der Waals surface area contributed by atoms with Gasteiger partial charge in [-0.2, -0.15) is 0 Å². The SMILES string of the molecule is CCN(CC)P(=O)(C[Si](C)(C)C)N(CC)CC. The van der Waals surface area contributed by atoms with Crippen LogP contribution in [0.2, 0.25) is 19.6 Å². The average Bonchev–Trinajstić information content (AvgIpc) is 2.18. The second-order valence-electron chi connectivity index (χ2n) is 5.66. The van der Waals surface area contributed by atoms with Gasteiger partial charge in [0.05, 0.1) is 8.07 Å². The number of hydrogen-bond acceptors (Lipinski definition) is 1. The summed E-state index contributed by atoms with van der Waals surface area (Å²) in [5, 5.41) is 0. The van der Waals surface area contributed by atoms with Crippen LogP contribution < -0.4 is 0 Å². The monoisotopic (exact) mass is 278 g/mol. The Labute approximate surface area is 109 Å². The minimum Gasteiger partial charge on any atom is -0.289 e. The van der Waals surface area contributed by atoms with Crippen molar-refractivity contribution in [3.63, 3.8) is 0 Å². The van der Waals surface area contributed by atoms with E-state index >= 15 is 0 Å². The van der Waals surface area contributed by atoms with E-state index in [9.17, 15) is 4.57 Å². The smallest absolute Gasteiger partial charge is 0.213 e. The van der Waals surface area contributed by atoms with Gasteiger partial charge in [0.15, 0.2) is 0 Å². The minimum atomic E-state index is -2.33. The zero-order chi connectivity index (χ0) is 13.7. The van der Waals surface area contributed by atoms with E-state index in [0.29, 0.717) is 0 Å². The molecule has 0 bridgehead atoms. The average molecular weight is 278 g/mol. The summed E-state index contributed by atoms with van der Waals surface area (Å²) in [5.74, 6) is 0.906. The van der Waals surface area contributed by atoms with Gasteiger partial charge in [-0.3, -0.25) is 4.57 Å². The summed E-state index contributed by atoms with van der Waals surface area (Å²) in [6.07, 6.45) is 0. The molecule has 0 aliphatic rings. The number of hydrogen-bond donors (Lipinski definition) is 0. The molecular formula is C12H31N2OPSi. The van der Waals surface area contributed by atoms with Crippen LogP contribution in [0, 0.1) is 0 Å². The molecule has 0 amide bonds. The highest BCUT2D eigenvalue weighted by Gasteiger charge is 2.38. The van der Waals surface area contributed by atoms with Crippen molar-refractivity contribution in [2.45, 2.75) is 47.3 Å². The van der Waals surface area contributed by atoms with E-state index in [1.54, 1.807) is 0 Å². The molecule has 0 aromatic rings. The molecule has 0 unspecified atom stereocenters. The largest absolute Gasteiger partial charge is 0.289 e. The first kappa shape index (κ1) is 17.4. The zero-order valence-corrected chi connectivity index (χ0v) is 14.7. The second-order valence-corrected chi connectivity index (χ2v) is 14.5. The predicted molar refractivity (Wildman–Crippen MR) is 81.7 cm³/mol. The fourth-order valence-corrected chi connectivity index (χ4v) is 11.0. The first-order valence-corrected chi connectivity index (χ1v) is 12.4. The Kier molecular flexibility index (Phi) is 7.23. The van der Waals surface area contributed by atoms with Gasteiger partial charge < -0.3 is 0 Å². The lowest BCUT2D eigenvalue weighted by Gasteiger charge is -2.40. The van der Waals surface area contributed by atoms with Crippen LogP contribution in [0.4, 0.5) is 0 Å². The summed E-state index contributed by atoms with van der Waals surface area (Å²) in [6.45, 7) is 18.9. The van der Waals surface area contributed by atoms with Crippen LogP contribution in [0.3, 0.4) is 0 Å². The third-order valence-electron chi connectivity index (χ3n) is 3.02. The van der Waals surface area contributed by atoms with Gasteiger partial charge in [0.2, 0.25) is 7.44 Å². The van der Waals surface area contributed by atoms with Crippen LogP contribution in [-0.2, 0) is 4.57 Å². The molecule has 0 aromatic heterocycles. The van der Waals surface area contributed by atoms with Crippen molar-refractivity contribution in [2.75, 3.05) is 32.0 Å². The van der Waals surface area contributed by atoms with Gasteiger partial charge in [-0.15, -0.1) is 0 Å². The van der Waals surface area contributed by atoms with Crippen LogP contribution in [0.25, 0.3) is 0 Å². The van der Waals surface area contributed by atoms with Crippen LogP contribution in [0.5, 0.6) is 0 Å². The van der Waals surface area contributed by atoms with Gasteiger partial charge in [-0.25, -0.2) is 9.34 Å². The van der Waals surface area contributed by atoms with Crippen LogP contribution in [-0.4, -0.2) is 49.4 Å². The van der Waals surface area contributed by atoms with Gasteiger partial charge in [0.1, 0.15) is 0 Å². The molecule has 0 aliphatic carbocycles. The molecule has 3 nitrogen and oxygen atoms in total. The Morgan fingerprint density at radius 3 is 1.29 bits per heavy atom. The van der Waals surface area contributed by atoms with Crippen molar-refractivity contribution in [1.29, 1.82) is 0 Å². The molecule has 0 aromatic carbocycles. The van der Waals surface area contributed by atoms with Gasteiger partial charge in [0.25, 0.3) is 0 Å². The lowest BCUT2D eigenvalue weighted by molar-refractivity contribution is 0.362. The molecule has 0 spiro atoms. The molecule has 17 heavy (non-hydrogen) atoms. The summed E-state index contributed by atoms with van der Waals surface area (Å²) in [4.78, 5) is 0. The Balaban J connectivity index is 5.26. The van der Waals surface area contributed by atoms with Crippen LogP contribution in [0.15, 0.2) is 0 Å². The van der Waals surface area contributed by atoms with E-state index in [4.69, 9.17) is 0 Å². The van der Waals surface area contributed by atoms with Crippen molar-refractivity contribution >= 4 is 15.5 Å². The molecule has 0 radical (unpaired) electrons. The highest BCUT2D eigenvalue weighted by Crippen LogP contribution is 2.54. The summed E-state index contributed by atoms with van der Waals surface area (Å²) in [7, 11) is -3.66. The molecule has 0 saturated carbocycles. The van der Waals surface area contributed by atoms with Crippen molar-refractivity contribution in [3.05, 3.63) is 0 Å². The van der Waals surface area contributed by atoms with E-state index in [-0.39, 0.29) is 0 Å². The fraction of sp³-hybridized carbons (Fsp3) is 1.00. The Bertz CT molecular complexity index is 242. The molecule has 0 N–H and O–H groups in total. The second kappa shape index (κ2) is 7.08. The van der Waals surface area contributed by atoms with Gasteiger partial charge in [0, 0.05) is 32.0 Å². The van der Waals surface area contributed by atoms with Gasteiger partial charge in [-0.1, -0.05) is 47.3 Å². The third-order valence-corrected chi connectivity index (χ3v) is 11.4. The number of rotatable bonds is 8. The van der Waals surface area contributed by atoms with E-state index in [1.807, 2.05) is 0 Å². The molecule has 0 fully saturated rings. The topological polar surface area (TPSA) is 23.6 Å². The highest BCUT2D eigenvalue weighted by atomic mass is 31.2.